The fourth-order valence-corrected chi connectivity index (χ4v) is 4.26. The lowest BCUT2D eigenvalue weighted by Gasteiger charge is -2.28. The SMILES string of the molecule is Cc1cc(C2CCC2)c(C)cc1Cc1csc(Nc2ccccc2)n1. The van der Waals surface area contributed by atoms with Crippen LogP contribution in [0, 0.1) is 13.8 Å². The average molecular weight is 349 g/mol. The second kappa shape index (κ2) is 7.01. The lowest BCUT2D eigenvalue weighted by Crippen LogP contribution is -2.11. The summed E-state index contributed by atoms with van der Waals surface area (Å²) in [4.78, 5) is 4.76. The van der Waals surface area contributed by atoms with E-state index < -0.39 is 0 Å². The van der Waals surface area contributed by atoms with E-state index in [1.54, 1.807) is 16.9 Å². The third kappa shape index (κ3) is 3.62. The summed E-state index contributed by atoms with van der Waals surface area (Å²) in [6.07, 6.45) is 5.02. The number of hydrogen-bond donors (Lipinski definition) is 1. The van der Waals surface area contributed by atoms with Crippen LogP contribution in [0.3, 0.4) is 0 Å². The number of hydrogen-bond acceptors (Lipinski definition) is 3. The fraction of sp³-hybridized carbons (Fsp3) is 0.318. The Morgan fingerprint density at radius 3 is 2.60 bits per heavy atom. The first-order valence-electron chi connectivity index (χ1n) is 9.05. The standard InChI is InChI=1S/C22H24N2S/c1-15-12-21(17-7-6-8-17)16(2)11-18(15)13-20-14-25-22(24-20)23-19-9-4-3-5-10-19/h3-5,9-12,14,17H,6-8,13H2,1-2H3,(H,23,24). The van der Waals surface area contributed by atoms with Crippen LogP contribution in [0.1, 0.15) is 53.1 Å². The molecular weight excluding hydrogens is 324 g/mol. The summed E-state index contributed by atoms with van der Waals surface area (Å²) in [6, 6.07) is 15.0. The lowest BCUT2D eigenvalue weighted by molar-refractivity contribution is 0.418. The van der Waals surface area contributed by atoms with E-state index in [1.807, 2.05) is 18.2 Å². The van der Waals surface area contributed by atoms with Crippen molar-refractivity contribution < 1.29 is 0 Å². The minimum Gasteiger partial charge on any atom is -0.332 e. The quantitative estimate of drug-likeness (QED) is 0.580. The molecule has 1 fully saturated rings. The van der Waals surface area contributed by atoms with Gasteiger partial charge >= 0.3 is 0 Å². The molecule has 0 atom stereocenters. The topological polar surface area (TPSA) is 24.9 Å². The smallest absolute Gasteiger partial charge is 0.187 e. The number of aryl methyl sites for hydroxylation is 2. The van der Waals surface area contributed by atoms with Gasteiger partial charge in [0.25, 0.3) is 0 Å². The average Bonchev–Trinajstić information content (AvgIpc) is 2.98. The van der Waals surface area contributed by atoms with Crippen molar-refractivity contribution in [3.8, 4) is 0 Å². The predicted octanol–water partition coefficient (Wildman–Crippen LogP) is 6.36. The Morgan fingerprint density at radius 1 is 1.08 bits per heavy atom. The van der Waals surface area contributed by atoms with Gasteiger partial charge in [0.2, 0.25) is 0 Å². The molecule has 1 aliphatic rings. The van der Waals surface area contributed by atoms with Gasteiger partial charge in [0.1, 0.15) is 0 Å². The highest BCUT2D eigenvalue weighted by atomic mass is 32.1. The molecule has 1 saturated carbocycles. The van der Waals surface area contributed by atoms with Crippen molar-refractivity contribution in [2.24, 2.45) is 0 Å². The normalized spacial score (nSPS) is 14.3. The molecule has 2 aromatic carbocycles. The van der Waals surface area contributed by atoms with Crippen LogP contribution >= 0.6 is 11.3 Å². The van der Waals surface area contributed by atoms with Crippen molar-refractivity contribution in [1.29, 1.82) is 0 Å². The molecule has 0 radical (unpaired) electrons. The van der Waals surface area contributed by atoms with Crippen molar-refractivity contribution in [2.45, 2.75) is 45.4 Å². The number of rotatable bonds is 5. The molecule has 1 aliphatic carbocycles. The molecule has 1 heterocycles. The Labute approximate surface area is 154 Å². The Bertz CT molecular complexity index is 863. The summed E-state index contributed by atoms with van der Waals surface area (Å²) in [7, 11) is 0. The van der Waals surface area contributed by atoms with Crippen molar-refractivity contribution >= 4 is 22.2 Å². The summed E-state index contributed by atoms with van der Waals surface area (Å²) in [6.45, 7) is 4.51. The molecule has 25 heavy (non-hydrogen) atoms. The third-order valence-corrected chi connectivity index (χ3v) is 6.02. The molecule has 0 spiro atoms. The maximum absolute atomic E-state index is 4.76. The molecule has 128 valence electrons. The summed E-state index contributed by atoms with van der Waals surface area (Å²) in [5.41, 5.74) is 8.04. The second-order valence-corrected chi connectivity index (χ2v) is 7.93. The van der Waals surface area contributed by atoms with Crippen LogP contribution < -0.4 is 5.32 Å². The van der Waals surface area contributed by atoms with E-state index in [4.69, 9.17) is 4.98 Å². The molecule has 1 N–H and O–H groups in total. The zero-order valence-electron chi connectivity index (χ0n) is 14.9. The van der Waals surface area contributed by atoms with Crippen LogP contribution in [-0.2, 0) is 6.42 Å². The summed E-state index contributed by atoms with van der Waals surface area (Å²) < 4.78 is 0. The number of para-hydroxylation sites is 1. The summed E-state index contributed by atoms with van der Waals surface area (Å²) in [5, 5.41) is 6.51. The second-order valence-electron chi connectivity index (χ2n) is 7.07. The maximum Gasteiger partial charge on any atom is 0.187 e. The zero-order chi connectivity index (χ0) is 17.2. The highest BCUT2D eigenvalue weighted by molar-refractivity contribution is 7.13. The van der Waals surface area contributed by atoms with Gasteiger partial charge in [-0.15, -0.1) is 11.3 Å². The highest BCUT2D eigenvalue weighted by Crippen LogP contribution is 2.39. The molecule has 0 saturated heterocycles. The van der Waals surface area contributed by atoms with Gasteiger partial charge in [0.05, 0.1) is 5.69 Å². The van der Waals surface area contributed by atoms with Crippen molar-refractivity contribution in [1.82, 2.24) is 4.98 Å². The maximum atomic E-state index is 4.76. The first kappa shape index (κ1) is 16.3. The number of anilines is 2. The van der Waals surface area contributed by atoms with Crippen LogP contribution in [0.4, 0.5) is 10.8 Å². The Kier molecular flexibility index (Phi) is 4.58. The largest absolute Gasteiger partial charge is 0.332 e. The molecule has 0 amide bonds. The first-order valence-corrected chi connectivity index (χ1v) is 9.93. The van der Waals surface area contributed by atoms with Gasteiger partial charge in [0.15, 0.2) is 5.13 Å². The lowest BCUT2D eigenvalue weighted by atomic mass is 9.77. The van der Waals surface area contributed by atoms with Gasteiger partial charge in [-0.3, -0.25) is 0 Å². The van der Waals surface area contributed by atoms with Gasteiger partial charge in [-0.05, 0) is 67.0 Å². The van der Waals surface area contributed by atoms with Crippen molar-refractivity contribution in [3.05, 3.63) is 75.8 Å². The van der Waals surface area contributed by atoms with Crippen LogP contribution in [0.5, 0.6) is 0 Å². The minimum atomic E-state index is 0.800. The fourth-order valence-electron chi connectivity index (χ4n) is 3.53. The van der Waals surface area contributed by atoms with Gasteiger partial charge in [-0.25, -0.2) is 4.98 Å². The Morgan fingerprint density at radius 2 is 1.88 bits per heavy atom. The van der Waals surface area contributed by atoms with E-state index in [1.165, 1.54) is 36.0 Å². The van der Waals surface area contributed by atoms with Crippen LogP contribution in [0.2, 0.25) is 0 Å². The molecule has 3 aromatic rings. The van der Waals surface area contributed by atoms with E-state index in [9.17, 15) is 0 Å². The van der Waals surface area contributed by atoms with Crippen LogP contribution in [-0.4, -0.2) is 4.98 Å². The highest BCUT2D eigenvalue weighted by Gasteiger charge is 2.21. The third-order valence-electron chi connectivity index (χ3n) is 5.22. The van der Waals surface area contributed by atoms with Crippen LogP contribution in [0.15, 0.2) is 47.8 Å². The molecule has 2 nitrogen and oxygen atoms in total. The van der Waals surface area contributed by atoms with E-state index in [0.29, 0.717) is 0 Å². The molecular formula is C22H24N2S. The number of thiazole rings is 1. The molecule has 0 aliphatic heterocycles. The van der Waals surface area contributed by atoms with E-state index in [2.05, 4.69) is 48.8 Å². The number of aromatic nitrogens is 1. The van der Waals surface area contributed by atoms with Crippen molar-refractivity contribution in [2.75, 3.05) is 5.32 Å². The molecule has 0 unspecified atom stereocenters. The van der Waals surface area contributed by atoms with Gasteiger partial charge in [-0.1, -0.05) is 36.8 Å². The van der Waals surface area contributed by atoms with E-state index >= 15 is 0 Å². The Balaban J connectivity index is 1.50. The number of benzene rings is 2. The van der Waals surface area contributed by atoms with Gasteiger partial charge in [-0.2, -0.15) is 0 Å². The monoisotopic (exact) mass is 348 g/mol. The molecule has 4 rings (SSSR count). The van der Waals surface area contributed by atoms with Gasteiger partial charge < -0.3 is 5.32 Å². The van der Waals surface area contributed by atoms with E-state index in [-0.39, 0.29) is 0 Å². The molecule has 1 aromatic heterocycles. The summed E-state index contributed by atoms with van der Waals surface area (Å²) >= 11 is 1.67. The van der Waals surface area contributed by atoms with Gasteiger partial charge in [0, 0.05) is 17.5 Å². The number of nitrogens with zero attached hydrogens (tertiary/aromatic N) is 1. The summed E-state index contributed by atoms with van der Waals surface area (Å²) in [5.74, 6) is 0.800. The predicted molar refractivity (Wildman–Crippen MR) is 107 cm³/mol. The zero-order valence-corrected chi connectivity index (χ0v) is 15.7. The molecule has 3 heteroatoms. The minimum absolute atomic E-state index is 0.800. The van der Waals surface area contributed by atoms with E-state index in [0.717, 1.165) is 28.9 Å². The number of nitrogens with one attached hydrogen (secondary N) is 1. The van der Waals surface area contributed by atoms with Crippen LogP contribution in [0.25, 0.3) is 0 Å². The first-order chi connectivity index (χ1) is 12.2. The van der Waals surface area contributed by atoms with Crippen molar-refractivity contribution in [3.63, 3.8) is 0 Å². The molecule has 0 bridgehead atoms. The Hall–Kier alpha value is -2.13.